The Labute approximate surface area is 180 Å². The molecule has 1 aromatic carbocycles. The molecule has 2 atom stereocenters. The summed E-state index contributed by atoms with van der Waals surface area (Å²) in [6.07, 6.45) is 0.335. The van der Waals surface area contributed by atoms with Gasteiger partial charge in [0.1, 0.15) is 11.5 Å². The van der Waals surface area contributed by atoms with E-state index >= 15 is 0 Å². The molecule has 2 heterocycles. The summed E-state index contributed by atoms with van der Waals surface area (Å²) in [5, 5.41) is 9.80. The molecule has 0 aliphatic carbocycles. The summed E-state index contributed by atoms with van der Waals surface area (Å²) in [4.78, 5) is 38.1. The number of benzene rings is 1. The lowest BCUT2D eigenvalue weighted by Crippen LogP contribution is -2.37. The summed E-state index contributed by atoms with van der Waals surface area (Å²) in [6.45, 7) is 3.54. The molecule has 0 bridgehead atoms. The molecule has 0 saturated heterocycles. The van der Waals surface area contributed by atoms with Crippen LogP contribution in [0.2, 0.25) is 0 Å². The quantitative estimate of drug-likeness (QED) is 0.631. The van der Waals surface area contributed by atoms with Crippen LogP contribution in [0.5, 0.6) is 0 Å². The minimum atomic E-state index is -3.68. The highest BCUT2D eigenvalue weighted by Gasteiger charge is 2.35. The van der Waals surface area contributed by atoms with E-state index < -0.39 is 33.4 Å². The number of nitrogens with one attached hydrogen (secondary N) is 1. The third-order valence-corrected chi connectivity index (χ3v) is 7.32. The van der Waals surface area contributed by atoms with Crippen LogP contribution in [-0.4, -0.2) is 42.0 Å². The summed E-state index contributed by atoms with van der Waals surface area (Å²) >= 11 is 0. The van der Waals surface area contributed by atoms with E-state index in [1.165, 1.54) is 12.1 Å². The van der Waals surface area contributed by atoms with Crippen molar-refractivity contribution >= 4 is 27.3 Å². The molecule has 10 heteroatoms. The maximum atomic E-state index is 13.1. The largest absolute Gasteiger partial charge is 0.342 e. The number of fused-ring (bicyclic) bond motifs is 1. The topological polar surface area (TPSA) is 136 Å². The smallest absolute Gasteiger partial charge is 0.288 e. The van der Waals surface area contributed by atoms with Gasteiger partial charge in [0.25, 0.3) is 5.91 Å². The molecule has 1 amide bonds. The van der Waals surface area contributed by atoms with Crippen LogP contribution in [0.15, 0.2) is 39.8 Å². The first-order valence-electron chi connectivity index (χ1n) is 10.1. The van der Waals surface area contributed by atoms with Gasteiger partial charge in [-0.15, -0.1) is 5.10 Å². The highest BCUT2D eigenvalue weighted by atomic mass is 32.2. The highest BCUT2D eigenvalue weighted by molar-refractivity contribution is 7.91. The lowest BCUT2D eigenvalue weighted by molar-refractivity contribution is -0.141. The lowest BCUT2D eigenvalue weighted by atomic mass is 9.84. The van der Waals surface area contributed by atoms with Gasteiger partial charge in [0, 0.05) is 23.5 Å². The van der Waals surface area contributed by atoms with E-state index in [2.05, 4.69) is 15.7 Å². The van der Waals surface area contributed by atoms with Gasteiger partial charge in [-0.05, 0) is 30.9 Å². The molecule has 9 nitrogen and oxygen atoms in total. The van der Waals surface area contributed by atoms with Crippen LogP contribution < -0.4 is 5.32 Å². The van der Waals surface area contributed by atoms with Crippen molar-refractivity contribution in [2.45, 2.75) is 44.6 Å². The van der Waals surface area contributed by atoms with E-state index in [4.69, 9.17) is 4.52 Å². The van der Waals surface area contributed by atoms with Gasteiger partial charge >= 0.3 is 0 Å². The van der Waals surface area contributed by atoms with Crippen molar-refractivity contribution < 1.29 is 27.3 Å². The number of aryl methyl sites for hydroxylation is 1. The Morgan fingerprint density at radius 3 is 2.61 bits per heavy atom. The number of carbonyl (C=O) groups is 3. The summed E-state index contributed by atoms with van der Waals surface area (Å²) in [5.74, 6) is -3.73. The molecule has 1 N–H and O–H groups in total. The van der Waals surface area contributed by atoms with Crippen molar-refractivity contribution in [1.29, 1.82) is 0 Å². The Bertz CT molecular complexity index is 1060. The van der Waals surface area contributed by atoms with E-state index in [0.717, 1.165) is 0 Å². The standard InChI is InChI=1S/C21H25N3O6S/c1-13(2)16(12-31(28,29)15-6-4-3-5-7-15)18(25)10-14-8-9-17-19(30-24-23-17)11-22-21(27)20(14)26/h3-7,13-14,16H,8-12H2,1-2H3,(H,22,27). The van der Waals surface area contributed by atoms with Gasteiger partial charge in [-0.25, -0.2) is 8.42 Å². The minimum absolute atomic E-state index is 0.00247. The average molecular weight is 448 g/mol. The van der Waals surface area contributed by atoms with E-state index in [1.54, 1.807) is 32.0 Å². The van der Waals surface area contributed by atoms with Crippen LogP contribution in [0.25, 0.3) is 0 Å². The molecule has 0 spiro atoms. The monoisotopic (exact) mass is 447 g/mol. The molecule has 31 heavy (non-hydrogen) atoms. The molecule has 1 aliphatic rings. The Hall–Kier alpha value is -2.88. The van der Waals surface area contributed by atoms with E-state index in [0.29, 0.717) is 17.9 Å². The van der Waals surface area contributed by atoms with Crippen LogP contribution in [0.4, 0.5) is 0 Å². The maximum Gasteiger partial charge on any atom is 0.288 e. The fraction of sp³-hybridized carbons (Fsp3) is 0.476. The second-order valence-corrected chi connectivity index (χ2v) is 10.1. The van der Waals surface area contributed by atoms with Crippen molar-refractivity contribution in [2.24, 2.45) is 17.8 Å². The number of carbonyl (C=O) groups excluding carboxylic acids is 3. The van der Waals surface area contributed by atoms with Gasteiger partial charge in [0.05, 0.1) is 17.2 Å². The molecule has 0 fully saturated rings. The Balaban J connectivity index is 1.77. The van der Waals surface area contributed by atoms with Gasteiger partial charge < -0.3 is 9.84 Å². The summed E-state index contributed by atoms with van der Waals surface area (Å²) in [6, 6.07) is 7.95. The minimum Gasteiger partial charge on any atom is -0.342 e. The Morgan fingerprint density at radius 2 is 1.94 bits per heavy atom. The fourth-order valence-corrected chi connectivity index (χ4v) is 5.44. The van der Waals surface area contributed by atoms with Crippen LogP contribution in [0, 0.1) is 17.8 Å². The first kappa shape index (κ1) is 22.8. The number of hydrogen-bond donors (Lipinski definition) is 1. The SMILES string of the molecule is CC(C)C(CS(=O)(=O)c1ccccc1)C(=O)CC1CCc2nnoc2CNC(=O)C1=O. The number of ketones is 2. The fourth-order valence-electron chi connectivity index (χ4n) is 3.63. The van der Waals surface area contributed by atoms with Gasteiger partial charge in [-0.3, -0.25) is 14.4 Å². The van der Waals surface area contributed by atoms with Crippen molar-refractivity contribution in [2.75, 3.05) is 5.75 Å². The Kier molecular flexibility index (Phi) is 6.99. The molecule has 3 rings (SSSR count). The summed E-state index contributed by atoms with van der Waals surface area (Å²) in [5.41, 5.74) is 0.527. The van der Waals surface area contributed by atoms with E-state index in [9.17, 15) is 22.8 Å². The second-order valence-electron chi connectivity index (χ2n) is 8.04. The van der Waals surface area contributed by atoms with Gasteiger partial charge in [0.15, 0.2) is 15.6 Å². The number of hydrogen-bond acceptors (Lipinski definition) is 8. The van der Waals surface area contributed by atoms with Crippen molar-refractivity contribution in [3.63, 3.8) is 0 Å². The summed E-state index contributed by atoms with van der Waals surface area (Å²) in [7, 11) is -3.68. The number of sulfone groups is 1. The molecular formula is C21H25N3O6S. The van der Waals surface area contributed by atoms with Gasteiger partial charge in [-0.2, -0.15) is 0 Å². The molecule has 0 saturated carbocycles. The lowest BCUT2D eigenvalue weighted by Gasteiger charge is -2.22. The van der Waals surface area contributed by atoms with E-state index in [1.807, 2.05) is 0 Å². The van der Waals surface area contributed by atoms with Crippen LogP contribution in [-0.2, 0) is 37.2 Å². The van der Waals surface area contributed by atoms with Crippen molar-refractivity contribution in [3.8, 4) is 0 Å². The molecule has 166 valence electrons. The molecule has 2 aromatic rings. The normalized spacial score (nSPS) is 18.5. The van der Waals surface area contributed by atoms with Crippen LogP contribution in [0.3, 0.4) is 0 Å². The van der Waals surface area contributed by atoms with Crippen molar-refractivity contribution in [3.05, 3.63) is 41.8 Å². The number of amides is 1. The number of nitrogens with zero attached hydrogens (tertiary/aromatic N) is 2. The van der Waals surface area contributed by atoms with Gasteiger partial charge in [0.2, 0.25) is 5.78 Å². The number of Topliss-reactive ketones (excluding diaryl/α,β-unsaturated/α-hetero) is 2. The van der Waals surface area contributed by atoms with E-state index in [-0.39, 0.29) is 41.7 Å². The first-order chi connectivity index (χ1) is 14.7. The summed E-state index contributed by atoms with van der Waals surface area (Å²) < 4.78 is 30.6. The number of aromatic nitrogens is 2. The predicted octanol–water partition coefficient (Wildman–Crippen LogP) is 1.52. The predicted molar refractivity (Wildman–Crippen MR) is 109 cm³/mol. The Morgan fingerprint density at radius 1 is 1.23 bits per heavy atom. The van der Waals surface area contributed by atoms with Crippen LogP contribution >= 0.6 is 0 Å². The third kappa shape index (κ3) is 5.43. The van der Waals surface area contributed by atoms with Crippen LogP contribution in [0.1, 0.15) is 38.1 Å². The third-order valence-electron chi connectivity index (χ3n) is 5.54. The highest BCUT2D eigenvalue weighted by Crippen LogP contribution is 2.25. The molecule has 1 aliphatic heterocycles. The zero-order chi connectivity index (χ0) is 22.6. The zero-order valence-corrected chi connectivity index (χ0v) is 18.2. The second kappa shape index (κ2) is 9.51. The maximum absolute atomic E-state index is 13.1. The molecule has 0 radical (unpaired) electrons. The molecule has 2 unspecified atom stereocenters. The number of rotatable bonds is 7. The van der Waals surface area contributed by atoms with Gasteiger partial charge in [-0.1, -0.05) is 32.0 Å². The molecule has 1 aromatic heterocycles. The average Bonchev–Trinajstić information content (AvgIpc) is 3.20. The van der Waals surface area contributed by atoms with Crippen molar-refractivity contribution in [1.82, 2.24) is 15.7 Å². The molecular weight excluding hydrogens is 422 g/mol. The first-order valence-corrected chi connectivity index (χ1v) is 11.8. The zero-order valence-electron chi connectivity index (χ0n) is 17.4.